The zero-order valence-corrected chi connectivity index (χ0v) is 12.0. The molecule has 3 N–H and O–H groups in total. The molecule has 0 unspecified atom stereocenters. The van der Waals surface area contributed by atoms with Crippen LogP contribution in [0.25, 0.3) is 0 Å². The minimum absolute atomic E-state index is 0.635. The summed E-state index contributed by atoms with van der Waals surface area (Å²) in [6, 6.07) is 3.57. The fourth-order valence-electron chi connectivity index (χ4n) is 1.67. The van der Waals surface area contributed by atoms with E-state index in [9.17, 15) is 0 Å². The van der Waals surface area contributed by atoms with Crippen LogP contribution in [0, 0.1) is 0 Å². The highest BCUT2D eigenvalue weighted by Gasteiger charge is 2.07. The highest BCUT2D eigenvalue weighted by Crippen LogP contribution is 2.17. The number of hydrogen-bond donors (Lipinski definition) is 2. The molecule has 1 heterocycles. The van der Waals surface area contributed by atoms with E-state index >= 15 is 0 Å². The van der Waals surface area contributed by atoms with E-state index in [1.165, 1.54) is 0 Å². The lowest BCUT2D eigenvalue weighted by molar-refractivity contribution is 0.292. The van der Waals surface area contributed by atoms with E-state index in [-0.39, 0.29) is 0 Å². The van der Waals surface area contributed by atoms with Gasteiger partial charge in [0.25, 0.3) is 0 Å². The summed E-state index contributed by atoms with van der Waals surface area (Å²) in [5, 5.41) is 0.674. The Morgan fingerprint density at radius 1 is 1.28 bits per heavy atom. The predicted octanol–water partition coefficient (Wildman–Crippen LogP) is 1.40. The van der Waals surface area contributed by atoms with Gasteiger partial charge in [-0.15, -0.1) is 0 Å². The number of nitrogens with two attached hydrogens (primary N) is 1. The van der Waals surface area contributed by atoms with E-state index < -0.39 is 0 Å². The molecule has 0 fully saturated rings. The number of nitrogens with one attached hydrogen (secondary N) is 1. The molecular weight excluding hydrogens is 250 g/mol. The number of halogens is 1. The standard InChI is InChI=1S/C12H22ClN5/c1-17(2)7-4-8-18(3)9-11-10(13)5-6-12(15-11)16-14/h5-6H,4,7-9,14H2,1-3H3,(H,15,16). The quantitative estimate of drug-likeness (QED) is 0.580. The van der Waals surface area contributed by atoms with Crippen molar-refractivity contribution in [2.45, 2.75) is 13.0 Å². The van der Waals surface area contributed by atoms with Crippen molar-refractivity contribution in [1.82, 2.24) is 14.8 Å². The van der Waals surface area contributed by atoms with Crippen molar-refractivity contribution < 1.29 is 0 Å². The highest BCUT2D eigenvalue weighted by atomic mass is 35.5. The van der Waals surface area contributed by atoms with Gasteiger partial charge in [0.1, 0.15) is 5.82 Å². The van der Waals surface area contributed by atoms with Gasteiger partial charge in [0.15, 0.2) is 0 Å². The van der Waals surface area contributed by atoms with E-state index in [2.05, 4.69) is 41.4 Å². The molecule has 1 aromatic rings. The van der Waals surface area contributed by atoms with Crippen molar-refractivity contribution in [1.29, 1.82) is 0 Å². The summed E-state index contributed by atoms with van der Waals surface area (Å²) in [5.41, 5.74) is 3.38. The molecule has 0 atom stereocenters. The molecule has 6 heteroatoms. The highest BCUT2D eigenvalue weighted by molar-refractivity contribution is 6.31. The monoisotopic (exact) mass is 271 g/mol. The summed E-state index contributed by atoms with van der Waals surface area (Å²) in [6.07, 6.45) is 1.12. The fraction of sp³-hybridized carbons (Fsp3) is 0.583. The van der Waals surface area contributed by atoms with Crippen LogP contribution in [0.3, 0.4) is 0 Å². The van der Waals surface area contributed by atoms with Gasteiger partial charge in [-0.25, -0.2) is 10.8 Å². The first-order chi connectivity index (χ1) is 8.52. The molecule has 0 radical (unpaired) electrons. The van der Waals surface area contributed by atoms with Crippen molar-refractivity contribution in [2.24, 2.45) is 5.84 Å². The van der Waals surface area contributed by atoms with E-state index in [0.29, 0.717) is 10.8 Å². The van der Waals surface area contributed by atoms with Gasteiger partial charge in [-0.05, 0) is 52.8 Å². The van der Waals surface area contributed by atoms with Crippen LogP contribution in [0.15, 0.2) is 12.1 Å². The Hall–Kier alpha value is -0.880. The molecule has 1 rings (SSSR count). The van der Waals surface area contributed by atoms with Crippen molar-refractivity contribution in [3.63, 3.8) is 0 Å². The molecular formula is C12H22ClN5. The minimum Gasteiger partial charge on any atom is -0.309 e. The summed E-state index contributed by atoms with van der Waals surface area (Å²) < 4.78 is 0. The zero-order chi connectivity index (χ0) is 13.5. The number of hydrogen-bond acceptors (Lipinski definition) is 5. The molecule has 0 spiro atoms. The van der Waals surface area contributed by atoms with E-state index in [0.717, 1.165) is 31.7 Å². The minimum atomic E-state index is 0.635. The fourth-order valence-corrected chi connectivity index (χ4v) is 1.83. The number of rotatable bonds is 7. The van der Waals surface area contributed by atoms with Gasteiger partial charge in [0.05, 0.1) is 10.7 Å². The third-order valence-corrected chi connectivity index (χ3v) is 2.98. The van der Waals surface area contributed by atoms with Crippen LogP contribution in [0.5, 0.6) is 0 Å². The topological polar surface area (TPSA) is 57.4 Å². The third-order valence-electron chi connectivity index (χ3n) is 2.63. The molecule has 0 aliphatic rings. The van der Waals surface area contributed by atoms with Crippen molar-refractivity contribution in [3.05, 3.63) is 22.8 Å². The Kier molecular flexibility index (Phi) is 6.35. The predicted molar refractivity (Wildman–Crippen MR) is 76.6 cm³/mol. The SMILES string of the molecule is CN(C)CCCN(C)Cc1nc(NN)ccc1Cl. The lowest BCUT2D eigenvalue weighted by Gasteiger charge is -2.18. The Bertz CT molecular complexity index is 369. The molecule has 102 valence electrons. The summed E-state index contributed by atoms with van der Waals surface area (Å²) >= 11 is 6.12. The van der Waals surface area contributed by atoms with E-state index in [1.54, 1.807) is 6.07 Å². The van der Waals surface area contributed by atoms with E-state index in [1.807, 2.05) is 6.07 Å². The number of anilines is 1. The van der Waals surface area contributed by atoms with Crippen molar-refractivity contribution >= 4 is 17.4 Å². The molecule has 0 amide bonds. The van der Waals surface area contributed by atoms with Crippen LogP contribution in [0.2, 0.25) is 5.02 Å². The van der Waals surface area contributed by atoms with Gasteiger partial charge in [-0.1, -0.05) is 11.6 Å². The van der Waals surface area contributed by atoms with Crippen molar-refractivity contribution in [3.8, 4) is 0 Å². The normalized spacial score (nSPS) is 11.3. The van der Waals surface area contributed by atoms with Gasteiger partial charge < -0.3 is 15.2 Å². The second-order valence-electron chi connectivity index (χ2n) is 4.66. The summed E-state index contributed by atoms with van der Waals surface area (Å²) in [6.45, 7) is 2.81. The molecule has 0 saturated carbocycles. The maximum Gasteiger partial charge on any atom is 0.140 e. The maximum absolute atomic E-state index is 6.12. The van der Waals surface area contributed by atoms with Crippen molar-refractivity contribution in [2.75, 3.05) is 39.7 Å². The first-order valence-corrected chi connectivity index (χ1v) is 6.36. The van der Waals surface area contributed by atoms with Crippen LogP contribution in [-0.2, 0) is 6.54 Å². The maximum atomic E-state index is 6.12. The summed E-state index contributed by atoms with van der Waals surface area (Å²) in [5.74, 6) is 5.97. The first-order valence-electron chi connectivity index (χ1n) is 5.98. The van der Waals surface area contributed by atoms with Gasteiger partial charge in [-0.2, -0.15) is 0 Å². The Balaban J connectivity index is 2.50. The van der Waals surface area contributed by atoms with Gasteiger partial charge in [0, 0.05) is 6.54 Å². The van der Waals surface area contributed by atoms with E-state index in [4.69, 9.17) is 17.4 Å². The van der Waals surface area contributed by atoms with Gasteiger partial charge >= 0.3 is 0 Å². The third kappa shape index (κ3) is 5.18. The molecule has 5 nitrogen and oxygen atoms in total. The molecule has 0 aromatic carbocycles. The smallest absolute Gasteiger partial charge is 0.140 e. The average Bonchev–Trinajstić information content (AvgIpc) is 2.31. The van der Waals surface area contributed by atoms with Crippen LogP contribution >= 0.6 is 11.6 Å². The Labute approximate surface area is 114 Å². The van der Waals surface area contributed by atoms with Crippen LogP contribution < -0.4 is 11.3 Å². The second-order valence-corrected chi connectivity index (χ2v) is 5.07. The number of nitrogens with zero attached hydrogens (tertiary/aromatic N) is 3. The lowest BCUT2D eigenvalue weighted by Crippen LogP contribution is -2.24. The molecule has 0 bridgehead atoms. The molecule has 0 saturated heterocycles. The zero-order valence-electron chi connectivity index (χ0n) is 11.3. The van der Waals surface area contributed by atoms with Crippen LogP contribution in [0.1, 0.15) is 12.1 Å². The Morgan fingerprint density at radius 2 is 2.00 bits per heavy atom. The summed E-state index contributed by atoms with van der Waals surface area (Å²) in [4.78, 5) is 8.74. The average molecular weight is 272 g/mol. The van der Waals surface area contributed by atoms with Gasteiger partial charge in [-0.3, -0.25) is 0 Å². The first kappa shape index (κ1) is 15.2. The molecule has 1 aromatic heterocycles. The van der Waals surface area contributed by atoms with Crippen LogP contribution in [-0.4, -0.2) is 49.0 Å². The number of pyridine rings is 1. The van der Waals surface area contributed by atoms with Gasteiger partial charge in [0.2, 0.25) is 0 Å². The molecule has 0 aliphatic carbocycles. The second kappa shape index (κ2) is 7.53. The number of nitrogen functional groups attached to an aromatic ring is 1. The lowest BCUT2D eigenvalue weighted by atomic mass is 10.3. The Morgan fingerprint density at radius 3 is 2.61 bits per heavy atom. The molecule has 18 heavy (non-hydrogen) atoms. The number of aromatic nitrogens is 1. The number of hydrazine groups is 1. The summed E-state index contributed by atoms with van der Waals surface area (Å²) in [7, 11) is 6.22. The van der Waals surface area contributed by atoms with Crippen LogP contribution in [0.4, 0.5) is 5.82 Å². The molecule has 0 aliphatic heterocycles. The largest absolute Gasteiger partial charge is 0.309 e.